The Balaban J connectivity index is 1.61. The molecule has 35 heavy (non-hydrogen) atoms. The molecule has 0 saturated heterocycles. The van der Waals surface area contributed by atoms with E-state index in [0.29, 0.717) is 11.8 Å². The van der Waals surface area contributed by atoms with Gasteiger partial charge in [-0.15, -0.1) is 0 Å². The molecule has 3 atom stereocenters. The molecular weight excluding hydrogens is 445 g/mol. The number of allylic oxidation sites excluding steroid dienone is 2. The van der Waals surface area contributed by atoms with Crippen molar-refractivity contribution in [1.82, 2.24) is 15.3 Å². The summed E-state index contributed by atoms with van der Waals surface area (Å²) in [5.74, 6) is -2.61. The third-order valence-electron chi connectivity index (χ3n) is 6.39. The molecule has 0 radical (unpaired) electrons. The van der Waals surface area contributed by atoms with Crippen LogP contribution in [0, 0.1) is 16.7 Å². The summed E-state index contributed by atoms with van der Waals surface area (Å²) in [6.45, 7) is 3.39. The number of aromatic amines is 2. The number of halogens is 1. The van der Waals surface area contributed by atoms with E-state index < -0.39 is 22.7 Å². The SMILES string of the molecule is CCOC(=O)C(C)(C#N)CC12C=CC(F)(C=c3ccc([nH]3)=CC3=NC(=Cc4ccc([nH]4)C1)C=C3)N2. The summed E-state index contributed by atoms with van der Waals surface area (Å²) in [4.78, 5) is 23.9. The molecule has 2 aromatic rings. The van der Waals surface area contributed by atoms with Gasteiger partial charge >= 0.3 is 5.97 Å². The molecule has 0 aromatic carbocycles. The summed E-state index contributed by atoms with van der Waals surface area (Å²) in [5.41, 5.74) is 0.800. The third kappa shape index (κ3) is 4.55. The largest absolute Gasteiger partial charge is 0.465 e. The van der Waals surface area contributed by atoms with Crippen molar-refractivity contribution in [2.75, 3.05) is 6.61 Å². The summed E-state index contributed by atoms with van der Waals surface area (Å²) < 4.78 is 21.3. The van der Waals surface area contributed by atoms with E-state index in [0.717, 1.165) is 28.1 Å². The van der Waals surface area contributed by atoms with E-state index in [-0.39, 0.29) is 13.0 Å². The van der Waals surface area contributed by atoms with Crippen LogP contribution < -0.4 is 16.0 Å². The van der Waals surface area contributed by atoms with Gasteiger partial charge in [-0.2, -0.15) is 5.26 Å². The lowest BCUT2D eigenvalue weighted by atomic mass is 9.76. The highest BCUT2D eigenvalue weighted by atomic mass is 19.1. The quantitative estimate of drug-likeness (QED) is 0.362. The number of ether oxygens (including phenoxy) is 1. The van der Waals surface area contributed by atoms with Crippen LogP contribution in [0.5, 0.6) is 0 Å². The Labute approximate surface area is 202 Å². The highest BCUT2D eigenvalue weighted by Crippen LogP contribution is 2.38. The van der Waals surface area contributed by atoms with E-state index in [1.54, 1.807) is 19.1 Å². The van der Waals surface area contributed by atoms with Gasteiger partial charge in [0.15, 0.2) is 5.41 Å². The van der Waals surface area contributed by atoms with Gasteiger partial charge in [-0.25, -0.2) is 9.38 Å². The molecule has 0 saturated carbocycles. The number of rotatable bonds is 4. The molecule has 0 aliphatic carbocycles. The zero-order chi connectivity index (χ0) is 24.7. The van der Waals surface area contributed by atoms with Gasteiger partial charge in [0.25, 0.3) is 0 Å². The highest BCUT2D eigenvalue weighted by molar-refractivity contribution is 6.19. The Morgan fingerprint density at radius 1 is 1.20 bits per heavy atom. The normalized spacial score (nSPS) is 26.1. The van der Waals surface area contributed by atoms with Crippen molar-refractivity contribution in [2.24, 2.45) is 10.4 Å². The molecule has 3 N–H and O–H groups in total. The number of alkyl halides is 1. The topological polar surface area (TPSA) is 106 Å². The summed E-state index contributed by atoms with van der Waals surface area (Å²) in [7, 11) is 0. The van der Waals surface area contributed by atoms with Crippen molar-refractivity contribution in [1.29, 1.82) is 5.26 Å². The van der Waals surface area contributed by atoms with E-state index in [1.807, 2.05) is 42.5 Å². The number of nitriles is 1. The summed E-state index contributed by atoms with van der Waals surface area (Å²) in [6.07, 6.45) is 12.7. The molecule has 178 valence electrons. The van der Waals surface area contributed by atoms with Crippen molar-refractivity contribution in [3.63, 3.8) is 0 Å². The zero-order valence-electron chi connectivity index (χ0n) is 19.6. The lowest BCUT2D eigenvalue weighted by Gasteiger charge is -2.35. The van der Waals surface area contributed by atoms with E-state index in [1.165, 1.54) is 19.1 Å². The minimum Gasteiger partial charge on any atom is -0.465 e. The summed E-state index contributed by atoms with van der Waals surface area (Å²) >= 11 is 0. The van der Waals surface area contributed by atoms with E-state index in [4.69, 9.17) is 4.74 Å². The molecule has 0 spiro atoms. The number of nitrogens with zero attached hydrogens (tertiary/aromatic N) is 2. The van der Waals surface area contributed by atoms with Crippen LogP contribution in [0.1, 0.15) is 31.7 Å². The zero-order valence-corrected chi connectivity index (χ0v) is 19.6. The molecule has 5 rings (SSSR count). The lowest BCUT2D eigenvalue weighted by Crippen LogP contribution is -2.53. The van der Waals surface area contributed by atoms with Gasteiger partial charge < -0.3 is 14.7 Å². The molecule has 8 heteroatoms. The Morgan fingerprint density at radius 2 is 2.03 bits per heavy atom. The number of carbonyl (C=O) groups is 1. The molecule has 7 nitrogen and oxygen atoms in total. The molecule has 3 aliphatic rings. The average molecular weight is 472 g/mol. The fourth-order valence-electron chi connectivity index (χ4n) is 4.86. The number of hydrogen-bond acceptors (Lipinski definition) is 5. The first-order valence-corrected chi connectivity index (χ1v) is 11.6. The Hall–Kier alpha value is -3.96. The Morgan fingerprint density at radius 3 is 2.83 bits per heavy atom. The number of fused-ring (bicyclic) bond motifs is 7. The standard InChI is InChI=1S/C27H26FN5O2/c1-3-35-24(34)25(2,17-29)16-26-10-11-27(28,33-26)15-23-9-7-21(32-23)13-19-5-4-18(30-19)12-20-6-8-22(14-26)31-20/h4-13,15,31-33H,3,14,16H2,1-2H3. The molecule has 3 unspecified atom stereocenters. The van der Waals surface area contributed by atoms with Crippen LogP contribution in [-0.4, -0.2) is 39.6 Å². The van der Waals surface area contributed by atoms with E-state index in [9.17, 15) is 10.1 Å². The van der Waals surface area contributed by atoms with Crippen molar-refractivity contribution in [3.8, 4) is 6.07 Å². The van der Waals surface area contributed by atoms with Crippen LogP contribution >= 0.6 is 0 Å². The molecule has 5 heterocycles. The summed E-state index contributed by atoms with van der Waals surface area (Å²) in [5, 5.41) is 14.4. The minimum atomic E-state index is -1.99. The van der Waals surface area contributed by atoms with Gasteiger partial charge in [-0.3, -0.25) is 10.1 Å². The van der Waals surface area contributed by atoms with E-state index >= 15 is 4.39 Å². The number of aromatic nitrogens is 2. The van der Waals surface area contributed by atoms with Crippen LogP contribution in [0.3, 0.4) is 0 Å². The predicted molar refractivity (Wildman–Crippen MR) is 132 cm³/mol. The predicted octanol–water partition coefficient (Wildman–Crippen LogP) is 2.56. The average Bonchev–Trinajstić information content (AvgIpc) is 3.59. The Kier molecular flexibility index (Phi) is 5.45. The maximum Gasteiger partial charge on any atom is 0.326 e. The second kappa shape index (κ2) is 8.36. The number of aliphatic imine (C=N–C) groups is 1. The third-order valence-corrected chi connectivity index (χ3v) is 6.39. The fraction of sp³-hybridized carbons (Fsp3) is 0.296. The van der Waals surface area contributed by atoms with Crippen molar-refractivity contribution in [2.45, 2.75) is 38.0 Å². The fourth-order valence-corrected chi connectivity index (χ4v) is 4.86. The number of hydrogen-bond donors (Lipinski definition) is 3. The smallest absolute Gasteiger partial charge is 0.326 e. The van der Waals surface area contributed by atoms with Gasteiger partial charge in [0.2, 0.25) is 5.79 Å². The van der Waals surface area contributed by atoms with Gasteiger partial charge in [0.1, 0.15) is 0 Å². The lowest BCUT2D eigenvalue weighted by molar-refractivity contribution is -0.152. The molecule has 2 aromatic heterocycles. The van der Waals surface area contributed by atoms with Crippen molar-refractivity contribution < 1.29 is 13.9 Å². The van der Waals surface area contributed by atoms with Gasteiger partial charge in [0.05, 0.1) is 24.1 Å². The number of esters is 1. The Bertz CT molecular complexity index is 1470. The van der Waals surface area contributed by atoms with E-state index in [2.05, 4.69) is 26.3 Å². The number of carbonyl (C=O) groups excluding carboxylic acids is 1. The highest BCUT2D eigenvalue weighted by Gasteiger charge is 2.49. The molecule has 3 aliphatic heterocycles. The first-order valence-electron chi connectivity index (χ1n) is 11.6. The monoisotopic (exact) mass is 471 g/mol. The van der Waals surface area contributed by atoms with Gasteiger partial charge in [-0.1, -0.05) is 6.08 Å². The summed E-state index contributed by atoms with van der Waals surface area (Å²) in [6, 6.07) is 9.62. The van der Waals surface area contributed by atoms with Crippen molar-refractivity contribution in [3.05, 3.63) is 76.4 Å². The molecule has 0 amide bonds. The first kappa shape index (κ1) is 22.8. The number of H-pyrrole nitrogens is 2. The van der Waals surface area contributed by atoms with Crippen LogP contribution in [0.4, 0.5) is 4.39 Å². The van der Waals surface area contributed by atoms with Gasteiger partial charge in [0, 0.05) is 34.0 Å². The molecular formula is C27H26FN5O2. The van der Waals surface area contributed by atoms with Gasteiger partial charge in [-0.05, 0) is 81.0 Å². The number of nitrogens with one attached hydrogen (secondary N) is 3. The maximum absolute atomic E-state index is 16.1. The van der Waals surface area contributed by atoms with Crippen LogP contribution in [0.25, 0.3) is 18.2 Å². The van der Waals surface area contributed by atoms with Crippen LogP contribution in [0.2, 0.25) is 0 Å². The second-order valence-corrected chi connectivity index (χ2v) is 9.44. The maximum atomic E-state index is 16.1. The van der Waals surface area contributed by atoms with Crippen molar-refractivity contribution >= 4 is 29.9 Å². The second-order valence-electron chi connectivity index (χ2n) is 9.44. The van der Waals surface area contributed by atoms with Crippen LogP contribution in [-0.2, 0) is 16.0 Å². The molecule has 8 bridgehead atoms. The first-order chi connectivity index (χ1) is 16.7. The van der Waals surface area contributed by atoms with Crippen LogP contribution in [0.15, 0.2) is 59.3 Å². The minimum absolute atomic E-state index is 0.0287. The molecule has 0 fully saturated rings.